The van der Waals surface area contributed by atoms with Crippen LogP contribution >= 0.6 is 12.2 Å². The normalized spacial score (nSPS) is 25.7. The zero-order valence-corrected chi connectivity index (χ0v) is 13.0. The molecule has 1 aliphatic rings. The highest BCUT2D eigenvalue weighted by Gasteiger charge is 2.45. The van der Waals surface area contributed by atoms with Gasteiger partial charge < -0.3 is 10.4 Å². The number of likely N-dealkylation sites (N-methyl/N-ethyl adjacent to an activating group) is 1. The Labute approximate surface area is 130 Å². The lowest BCUT2D eigenvalue weighted by molar-refractivity contribution is 0.0777. The molecule has 3 nitrogen and oxygen atoms in total. The van der Waals surface area contributed by atoms with Crippen molar-refractivity contribution in [2.24, 2.45) is 0 Å². The van der Waals surface area contributed by atoms with Crippen molar-refractivity contribution in [2.45, 2.75) is 37.2 Å². The van der Waals surface area contributed by atoms with Crippen LogP contribution in [0.5, 0.6) is 0 Å². The Hall–Kier alpha value is -1.52. The van der Waals surface area contributed by atoms with Gasteiger partial charge in [0.1, 0.15) is 0 Å². The second-order valence-corrected chi connectivity index (χ2v) is 6.14. The summed E-state index contributed by atoms with van der Waals surface area (Å²) >= 11 is 5.57. The number of fused-ring (bicyclic) bond motifs is 1. The number of nitrogens with zero attached hydrogens (tertiary/aromatic N) is 1. The minimum Gasteiger partial charge on any atom is -0.392 e. The van der Waals surface area contributed by atoms with Gasteiger partial charge in [-0.25, -0.2) is 0 Å². The van der Waals surface area contributed by atoms with Gasteiger partial charge in [0.05, 0.1) is 22.0 Å². The summed E-state index contributed by atoms with van der Waals surface area (Å²) in [5.41, 5.74) is 1.49. The van der Waals surface area contributed by atoms with Crippen molar-refractivity contribution in [3.63, 3.8) is 0 Å². The topological polar surface area (TPSA) is 45.2 Å². The number of para-hydroxylation sites is 1. The lowest BCUT2D eigenvalue weighted by Crippen LogP contribution is -2.52. The van der Waals surface area contributed by atoms with E-state index in [0.29, 0.717) is 4.99 Å². The molecule has 1 aromatic heterocycles. The van der Waals surface area contributed by atoms with Crippen LogP contribution in [0.1, 0.15) is 31.2 Å². The summed E-state index contributed by atoms with van der Waals surface area (Å²) in [5, 5.41) is 14.9. The van der Waals surface area contributed by atoms with Crippen LogP contribution in [0.3, 0.4) is 0 Å². The fraction of sp³-hybridized carbons (Fsp3) is 0.412. The maximum atomic E-state index is 10.7. The monoisotopic (exact) mass is 300 g/mol. The predicted molar refractivity (Wildman–Crippen MR) is 89.6 cm³/mol. The van der Waals surface area contributed by atoms with E-state index in [9.17, 15) is 5.11 Å². The van der Waals surface area contributed by atoms with Gasteiger partial charge in [-0.3, -0.25) is 4.98 Å². The van der Waals surface area contributed by atoms with Crippen molar-refractivity contribution in [3.8, 4) is 0 Å². The van der Waals surface area contributed by atoms with Crippen LogP contribution in [0.25, 0.3) is 10.9 Å². The summed E-state index contributed by atoms with van der Waals surface area (Å²) in [5.74, 6) is 0. The van der Waals surface area contributed by atoms with E-state index >= 15 is 0 Å². The van der Waals surface area contributed by atoms with Gasteiger partial charge in [0.15, 0.2) is 0 Å². The number of pyridine rings is 1. The minimum atomic E-state index is -0.501. The van der Waals surface area contributed by atoms with Crippen LogP contribution < -0.4 is 5.32 Å². The Kier molecular flexibility index (Phi) is 3.91. The van der Waals surface area contributed by atoms with E-state index in [1.807, 2.05) is 31.4 Å². The number of aliphatic hydroxyl groups is 1. The number of hydrogen-bond acceptors (Lipinski definition) is 3. The molecule has 0 unspecified atom stereocenters. The highest BCUT2D eigenvalue weighted by Crippen LogP contribution is 2.41. The lowest BCUT2D eigenvalue weighted by Gasteiger charge is -2.42. The Morgan fingerprint density at radius 2 is 2.19 bits per heavy atom. The van der Waals surface area contributed by atoms with Gasteiger partial charge in [-0.1, -0.05) is 43.3 Å². The van der Waals surface area contributed by atoms with Crippen LogP contribution in [-0.2, 0) is 5.41 Å². The van der Waals surface area contributed by atoms with Gasteiger partial charge in [-0.15, -0.1) is 0 Å². The molecular weight excluding hydrogens is 280 g/mol. The maximum Gasteiger partial charge on any atom is 0.0884 e. The van der Waals surface area contributed by atoms with E-state index < -0.39 is 11.5 Å². The standard InChI is InChI=1S/C17H20N2OS/c1-18-16(21)17(9-5-4-8-15(17)20)13-10-12-6-2-3-7-14(12)19-11-13/h2-3,6-7,10-11,15,20H,4-5,8-9H2,1H3,(H,18,21)/t15-,17+/m1/s1. The van der Waals surface area contributed by atoms with Gasteiger partial charge in [0, 0.05) is 18.6 Å². The molecule has 2 N–H and O–H groups in total. The van der Waals surface area contributed by atoms with Gasteiger partial charge in [-0.05, 0) is 30.5 Å². The first-order valence-electron chi connectivity index (χ1n) is 7.44. The number of benzene rings is 1. The first-order valence-corrected chi connectivity index (χ1v) is 7.85. The molecule has 4 heteroatoms. The van der Waals surface area contributed by atoms with E-state index in [1.165, 1.54) is 0 Å². The van der Waals surface area contributed by atoms with Gasteiger partial charge in [-0.2, -0.15) is 0 Å². The number of nitrogens with one attached hydrogen (secondary N) is 1. The summed E-state index contributed by atoms with van der Waals surface area (Å²) in [6.07, 6.45) is 5.21. The lowest BCUT2D eigenvalue weighted by atomic mass is 9.67. The van der Waals surface area contributed by atoms with E-state index in [2.05, 4.69) is 22.4 Å². The van der Waals surface area contributed by atoms with Crippen molar-refractivity contribution in [2.75, 3.05) is 7.05 Å². The van der Waals surface area contributed by atoms with Crippen LogP contribution in [0.2, 0.25) is 0 Å². The molecule has 0 amide bonds. The molecule has 0 aliphatic heterocycles. The third-order valence-corrected chi connectivity index (χ3v) is 5.17. The average molecular weight is 300 g/mol. The maximum absolute atomic E-state index is 10.7. The first kappa shape index (κ1) is 14.4. The minimum absolute atomic E-state index is 0.450. The molecule has 0 radical (unpaired) electrons. The Morgan fingerprint density at radius 1 is 1.38 bits per heavy atom. The molecule has 0 spiro atoms. The smallest absolute Gasteiger partial charge is 0.0884 e. The molecule has 1 fully saturated rings. The van der Waals surface area contributed by atoms with Crippen molar-refractivity contribution >= 4 is 28.1 Å². The van der Waals surface area contributed by atoms with Crippen molar-refractivity contribution in [1.29, 1.82) is 0 Å². The Bertz CT molecular complexity index is 673. The molecule has 1 aliphatic carbocycles. The third-order valence-electron chi connectivity index (χ3n) is 4.61. The summed E-state index contributed by atoms with van der Waals surface area (Å²) < 4.78 is 0. The van der Waals surface area contributed by atoms with Gasteiger partial charge in [0.2, 0.25) is 0 Å². The summed E-state index contributed by atoms with van der Waals surface area (Å²) in [6, 6.07) is 10.2. The number of rotatable bonds is 2. The number of aromatic nitrogens is 1. The van der Waals surface area contributed by atoms with E-state index in [1.54, 1.807) is 0 Å². The second kappa shape index (κ2) is 5.70. The van der Waals surface area contributed by atoms with Crippen LogP contribution in [-0.4, -0.2) is 28.2 Å². The quantitative estimate of drug-likeness (QED) is 0.837. The third kappa shape index (κ3) is 2.32. The molecule has 1 heterocycles. The zero-order chi connectivity index (χ0) is 14.9. The van der Waals surface area contributed by atoms with Crippen LogP contribution in [0.15, 0.2) is 36.5 Å². The molecule has 2 aromatic rings. The van der Waals surface area contributed by atoms with Gasteiger partial charge >= 0.3 is 0 Å². The number of hydrogen-bond donors (Lipinski definition) is 2. The Balaban J connectivity index is 2.16. The summed E-state index contributed by atoms with van der Waals surface area (Å²) in [4.78, 5) is 5.27. The van der Waals surface area contributed by atoms with Crippen molar-refractivity contribution in [3.05, 3.63) is 42.1 Å². The molecule has 0 saturated heterocycles. The number of thiocarbonyl (C=S) groups is 1. The second-order valence-electron chi connectivity index (χ2n) is 5.73. The molecule has 2 atom stereocenters. The van der Waals surface area contributed by atoms with Crippen molar-refractivity contribution < 1.29 is 5.11 Å². The summed E-state index contributed by atoms with van der Waals surface area (Å²) in [6.45, 7) is 0. The highest BCUT2D eigenvalue weighted by molar-refractivity contribution is 7.80. The SMILES string of the molecule is CNC(=S)[C@]1(c2cnc3ccccc3c2)CCCC[C@H]1O. The molecular formula is C17H20N2OS. The molecule has 0 bridgehead atoms. The number of aliphatic hydroxyl groups excluding tert-OH is 1. The van der Waals surface area contributed by atoms with E-state index in [4.69, 9.17) is 12.2 Å². The molecule has 1 aromatic carbocycles. The molecule has 21 heavy (non-hydrogen) atoms. The average Bonchev–Trinajstić information content (AvgIpc) is 2.54. The van der Waals surface area contributed by atoms with Gasteiger partial charge in [0.25, 0.3) is 0 Å². The predicted octanol–water partition coefficient (Wildman–Crippen LogP) is 2.95. The first-order chi connectivity index (χ1) is 10.2. The van der Waals surface area contributed by atoms with Crippen molar-refractivity contribution in [1.82, 2.24) is 10.3 Å². The molecule has 110 valence electrons. The zero-order valence-electron chi connectivity index (χ0n) is 12.2. The van der Waals surface area contributed by atoms with E-state index in [-0.39, 0.29) is 0 Å². The highest BCUT2D eigenvalue weighted by atomic mass is 32.1. The molecule has 1 saturated carbocycles. The van der Waals surface area contributed by atoms with Crippen LogP contribution in [0, 0.1) is 0 Å². The van der Waals surface area contributed by atoms with Crippen LogP contribution in [0.4, 0.5) is 0 Å². The van der Waals surface area contributed by atoms with E-state index in [0.717, 1.165) is 42.1 Å². The summed E-state index contributed by atoms with van der Waals surface area (Å²) in [7, 11) is 1.83. The Morgan fingerprint density at radius 3 is 2.95 bits per heavy atom. The fourth-order valence-corrected chi connectivity index (χ4v) is 3.78. The fourth-order valence-electron chi connectivity index (χ4n) is 3.43. The molecule has 3 rings (SSSR count). The largest absolute Gasteiger partial charge is 0.392 e.